The van der Waals surface area contributed by atoms with Gasteiger partial charge in [-0.2, -0.15) is 5.10 Å². The van der Waals surface area contributed by atoms with E-state index in [1.807, 2.05) is 6.92 Å². The van der Waals surface area contributed by atoms with Crippen molar-refractivity contribution in [3.63, 3.8) is 0 Å². The van der Waals surface area contributed by atoms with Crippen LogP contribution in [0.15, 0.2) is 11.2 Å². The molecule has 0 aromatic carbocycles. The van der Waals surface area contributed by atoms with E-state index < -0.39 is 0 Å². The lowest BCUT2D eigenvalue weighted by Crippen LogP contribution is -2.26. The number of carbonyl (C=O) groups is 1. The summed E-state index contributed by atoms with van der Waals surface area (Å²) in [6.07, 6.45) is 0.632. The van der Waals surface area contributed by atoms with Crippen LogP contribution in [0.4, 0.5) is 0 Å². The van der Waals surface area contributed by atoms with Crippen LogP contribution in [0.5, 0.6) is 0 Å². The Kier molecular flexibility index (Phi) is 4.35. The fourth-order valence-corrected chi connectivity index (χ4v) is 1.31. The molecule has 1 aromatic heterocycles. The Hall–Kier alpha value is -2.01. The maximum Gasteiger partial charge on any atom is 0.269 e. The molecule has 0 aliphatic carbocycles. The van der Waals surface area contributed by atoms with E-state index in [2.05, 4.69) is 20.4 Å². The molecule has 0 fully saturated rings. The minimum atomic E-state index is -0.163. The monoisotopic (exact) mass is 222 g/mol. The number of rotatable bonds is 5. The lowest BCUT2D eigenvalue weighted by atomic mass is 10.3. The van der Waals surface area contributed by atoms with Crippen LogP contribution in [0.2, 0.25) is 0 Å². The van der Waals surface area contributed by atoms with Crippen molar-refractivity contribution in [2.75, 3.05) is 13.1 Å². The van der Waals surface area contributed by atoms with Gasteiger partial charge in [0.05, 0.1) is 5.69 Å². The molecule has 7 nitrogen and oxygen atoms in total. The van der Waals surface area contributed by atoms with Gasteiger partial charge in [0.1, 0.15) is 5.69 Å². The molecule has 0 aliphatic rings. The highest BCUT2D eigenvalue weighted by molar-refractivity contribution is 5.92. The molecule has 0 saturated carbocycles. The zero-order valence-corrected chi connectivity index (χ0v) is 9.34. The van der Waals surface area contributed by atoms with Gasteiger partial charge in [0.25, 0.3) is 5.91 Å². The van der Waals surface area contributed by atoms with Crippen molar-refractivity contribution in [3.05, 3.63) is 27.9 Å². The molecule has 1 heterocycles. The van der Waals surface area contributed by atoms with Crippen LogP contribution in [-0.2, 0) is 7.05 Å². The van der Waals surface area contributed by atoms with Gasteiger partial charge in [-0.25, -0.2) is 0 Å². The predicted octanol–water partition coefficient (Wildman–Crippen LogP) is 1.16. The maximum absolute atomic E-state index is 11.6. The average molecular weight is 222 g/mol. The lowest BCUT2D eigenvalue weighted by Gasteiger charge is -2.03. The Balaban J connectivity index is 2.41. The topological polar surface area (TPSA) is 95.7 Å². The quantitative estimate of drug-likeness (QED) is 0.350. The van der Waals surface area contributed by atoms with E-state index in [0.29, 0.717) is 25.2 Å². The van der Waals surface area contributed by atoms with Crippen LogP contribution in [0.1, 0.15) is 22.6 Å². The van der Waals surface area contributed by atoms with E-state index in [1.54, 1.807) is 13.1 Å². The first kappa shape index (κ1) is 12.1. The Bertz CT molecular complexity index is 418. The molecule has 0 radical (unpaired) electrons. The summed E-state index contributed by atoms with van der Waals surface area (Å²) in [5.41, 5.74) is 9.39. The van der Waals surface area contributed by atoms with Crippen LogP contribution < -0.4 is 5.32 Å². The van der Waals surface area contributed by atoms with E-state index in [4.69, 9.17) is 5.53 Å². The van der Waals surface area contributed by atoms with E-state index in [-0.39, 0.29) is 5.91 Å². The van der Waals surface area contributed by atoms with E-state index in [9.17, 15) is 4.79 Å². The molecule has 0 aliphatic heterocycles. The summed E-state index contributed by atoms with van der Waals surface area (Å²) in [4.78, 5) is 14.3. The van der Waals surface area contributed by atoms with Gasteiger partial charge >= 0.3 is 0 Å². The standard InChI is InChI=1S/C9H14N6O/c1-7-6-8(15(2)13-7)9(16)11-4-3-5-12-14-10/h6H,3-5H2,1-2H3,(H,11,16). The summed E-state index contributed by atoms with van der Waals surface area (Å²) in [6, 6.07) is 1.72. The maximum atomic E-state index is 11.6. The van der Waals surface area contributed by atoms with E-state index in [1.165, 1.54) is 4.68 Å². The number of nitrogens with zero attached hydrogens (tertiary/aromatic N) is 5. The van der Waals surface area contributed by atoms with Crippen LogP contribution >= 0.6 is 0 Å². The summed E-state index contributed by atoms with van der Waals surface area (Å²) in [5.74, 6) is -0.163. The predicted molar refractivity (Wildman–Crippen MR) is 58.9 cm³/mol. The summed E-state index contributed by atoms with van der Waals surface area (Å²) < 4.78 is 1.54. The summed E-state index contributed by atoms with van der Waals surface area (Å²) in [5, 5.41) is 10.2. The molecule has 86 valence electrons. The number of hydrogen-bond acceptors (Lipinski definition) is 3. The first-order valence-electron chi connectivity index (χ1n) is 4.95. The van der Waals surface area contributed by atoms with Gasteiger partial charge in [0, 0.05) is 25.0 Å². The normalized spacial score (nSPS) is 9.62. The zero-order valence-electron chi connectivity index (χ0n) is 9.34. The van der Waals surface area contributed by atoms with Crippen molar-refractivity contribution in [3.8, 4) is 0 Å². The van der Waals surface area contributed by atoms with Gasteiger partial charge in [0.2, 0.25) is 0 Å². The Morgan fingerprint density at radius 2 is 2.50 bits per heavy atom. The van der Waals surface area contributed by atoms with Crippen LogP contribution in [0.3, 0.4) is 0 Å². The summed E-state index contributed by atoms with van der Waals surface area (Å²) >= 11 is 0. The van der Waals surface area contributed by atoms with Gasteiger partial charge in [-0.05, 0) is 24.9 Å². The second-order valence-electron chi connectivity index (χ2n) is 3.36. The number of amides is 1. The minimum absolute atomic E-state index is 0.163. The fraction of sp³-hybridized carbons (Fsp3) is 0.556. The molecule has 0 spiro atoms. The molecule has 1 aromatic rings. The van der Waals surface area contributed by atoms with Crippen molar-refractivity contribution < 1.29 is 4.79 Å². The highest BCUT2D eigenvalue weighted by Crippen LogP contribution is 2.01. The molecule has 0 unspecified atom stereocenters. The largest absolute Gasteiger partial charge is 0.351 e. The van der Waals surface area contributed by atoms with Gasteiger partial charge < -0.3 is 5.32 Å². The number of azide groups is 1. The average Bonchev–Trinajstić information content (AvgIpc) is 2.57. The molecule has 1 N–H and O–H groups in total. The van der Waals surface area contributed by atoms with E-state index in [0.717, 1.165) is 5.69 Å². The number of aromatic nitrogens is 2. The first-order valence-corrected chi connectivity index (χ1v) is 4.95. The second-order valence-corrected chi connectivity index (χ2v) is 3.36. The molecule has 1 rings (SSSR count). The van der Waals surface area contributed by atoms with Gasteiger partial charge in [-0.1, -0.05) is 5.11 Å². The van der Waals surface area contributed by atoms with Crippen molar-refractivity contribution in [1.82, 2.24) is 15.1 Å². The molecule has 0 saturated heterocycles. The van der Waals surface area contributed by atoms with Gasteiger partial charge in [-0.15, -0.1) is 0 Å². The van der Waals surface area contributed by atoms with Crippen molar-refractivity contribution in [2.24, 2.45) is 12.2 Å². The molecular formula is C9H14N6O. The summed E-state index contributed by atoms with van der Waals surface area (Å²) in [6.45, 7) is 2.71. The van der Waals surface area contributed by atoms with Gasteiger partial charge in [0.15, 0.2) is 0 Å². The highest BCUT2D eigenvalue weighted by atomic mass is 16.2. The number of nitrogens with one attached hydrogen (secondary N) is 1. The minimum Gasteiger partial charge on any atom is -0.351 e. The molecule has 1 amide bonds. The number of carbonyl (C=O) groups excluding carboxylic acids is 1. The third-order valence-electron chi connectivity index (χ3n) is 2.02. The lowest BCUT2D eigenvalue weighted by molar-refractivity contribution is 0.0944. The number of hydrogen-bond donors (Lipinski definition) is 1. The summed E-state index contributed by atoms with van der Waals surface area (Å²) in [7, 11) is 1.72. The molecule has 7 heteroatoms. The Labute approximate surface area is 93.1 Å². The van der Waals surface area contributed by atoms with Crippen LogP contribution in [0, 0.1) is 6.92 Å². The third kappa shape index (κ3) is 3.29. The van der Waals surface area contributed by atoms with Crippen LogP contribution in [-0.4, -0.2) is 28.8 Å². The fourth-order valence-electron chi connectivity index (χ4n) is 1.31. The highest BCUT2D eigenvalue weighted by Gasteiger charge is 2.10. The van der Waals surface area contributed by atoms with Crippen molar-refractivity contribution in [1.29, 1.82) is 0 Å². The third-order valence-corrected chi connectivity index (χ3v) is 2.02. The first-order chi connectivity index (χ1) is 7.65. The van der Waals surface area contributed by atoms with Crippen molar-refractivity contribution >= 4 is 5.91 Å². The van der Waals surface area contributed by atoms with Crippen LogP contribution in [0.25, 0.3) is 10.4 Å². The zero-order chi connectivity index (χ0) is 12.0. The molecule has 16 heavy (non-hydrogen) atoms. The molecule has 0 bridgehead atoms. The van der Waals surface area contributed by atoms with E-state index >= 15 is 0 Å². The smallest absolute Gasteiger partial charge is 0.269 e. The van der Waals surface area contributed by atoms with Crippen molar-refractivity contribution in [2.45, 2.75) is 13.3 Å². The molecular weight excluding hydrogens is 208 g/mol. The molecule has 0 atom stereocenters. The second kappa shape index (κ2) is 5.77. The Morgan fingerprint density at radius 1 is 1.75 bits per heavy atom. The SMILES string of the molecule is Cc1cc(C(=O)NCCCN=[N+]=[N-])n(C)n1. The van der Waals surface area contributed by atoms with Gasteiger partial charge in [-0.3, -0.25) is 9.48 Å². The Morgan fingerprint density at radius 3 is 3.06 bits per heavy atom. The number of aryl methyl sites for hydroxylation is 2.